The zero-order valence-electron chi connectivity index (χ0n) is 7.03. The minimum Gasteiger partial charge on any atom is -0.508 e. The lowest BCUT2D eigenvalue weighted by Gasteiger charge is -2.03. The van der Waals surface area contributed by atoms with Crippen LogP contribution in [0.2, 0.25) is 0 Å². The standard InChI is InChI=1S/C9H13NO.BrH/c1-7(10)6-8-2-4-9(11)5-3-8;/h2-5,7,11H,6,10H2,1H3;1H/t7-;/m1./s1. The monoisotopic (exact) mass is 231 g/mol. The molecule has 0 heterocycles. The van der Waals surface area contributed by atoms with Gasteiger partial charge in [0.2, 0.25) is 0 Å². The highest BCUT2D eigenvalue weighted by Gasteiger charge is 1.96. The van der Waals surface area contributed by atoms with Gasteiger partial charge in [0, 0.05) is 6.04 Å². The van der Waals surface area contributed by atoms with Crippen LogP contribution in [0.1, 0.15) is 12.5 Å². The van der Waals surface area contributed by atoms with Crippen molar-refractivity contribution >= 4 is 17.0 Å². The van der Waals surface area contributed by atoms with E-state index in [4.69, 9.17) is 10.8 Å². The van der Waals surface area contributed by atoms with E-state index in [1.807, 2.05) is 19.1 Å². The molecule has 1 atom stereocenters. The molecule has 0 amide bonds. The number of phenolic OH excluding ortho intramolecular Hbond substituents is 1. The van der Waals surface area contributed by atoms with Crippen molar-refractivity contribution in [3.8, 4) is 5.75 Å². The summed E-state index contributed by atoms with van der Waals surface area (Å²) in [6.45, 7) is 1.97. The fourth-order valence-electron chi connectivity index (χ4n) is 1.00. The van der Waals surface area contributed by atoms with Gasteiger partial charge in [0.1, 0.15) is 5.75 Å². The number of aromatic hydroxyl groups is 1. The summed E-state index contributed by atoms with van der Waals surface area (Å²) in [7, 11) is 0. The molecule has 0 aliphatic carbocycles. The highest BCUT2D eigenvalue weighted by molar-refractivity contribution is 8.93. The zero-order valence-corrected chi connectivity index (χ0v) is 8.74. The Morgan fingerprint density at radius 1 is 1.33 bits per heavy atom. The Kier molecular flexibility index (Phi) is 4.93. The van der Waals surface area contributed by atoms with Crippen LogP contribution < -0.4 is 5.73 Å². The lowest BCUT2D eigenvalue weighted by molar-refractivity contribution is 0.475. The third kappa shape index (κ3) is 3.74. The number of hydrogen-bond acceptors (Lipinski definition) is 2. The van der Waals surface area contributed by atoms with Crippen LogP contribution in [0.5, 0.6) is 5.75 Å². The summed E-state index contributed by atoms with van der Waals surface area (Å²) in [4.78, 5) is 0. The van der Waals surface area contributed by atoms with Crippen molar-refractivity contribution in [2.45, 2.75) is 19.4 Å². The highest BCUT2D eigenvalue weighted by atomic mass is 79.9. The first kappa shape index (κ1) is 11.5. The van der Waals surface area contributed by atoms with Crippen LogP contribution in [0.4, 0.5) is 0 Å². The van der Waals surface area contributed by atoms with Gasteiger partial charge in [0.15, 0.2) is 0 Å². The molecule has 0 unspecified atom stereocenters. The smallest absolute Gasteiger partial charge is 0.115 e. The maximum absolute atomic E-state index is 8.96. The summed E-state index contributed by atoms with van der Waals surface area (Å²) < 4.78 is 0. The van der Waals surface area contributed by atoms with Crippen LogP contribution in [0, 0.1) is 0 Å². The Morgan fingerprint density at radius 2 is 1.83 bits per heavy atom. The first-order valence-corrected chi connectivity index (χ1v) is 3.72. The van der Waals surface area contributed by atoms with Crippen molar-refractivity contribution in [3.63, 3.8) is 0 Å². The van der Waals surface area contributed by atoms with Gasteiger partial charge in [-0.3, -0.25) is 0 Å². The minimum absolute atomic E-state index is 0. The third-order valence-electron chi connectivity index (χ3n) is 1.49. The van der Waals surface area contributed by atoms with Crippen molar-refractivity contribution < 1.29 is 5.11 Å². The van der Waals surface area contributed by atoms with Gasteiger partial charge < -0.3 is 10.8 Å². The number of halogens is 1. The lowest BCUT2D eigenvalue weighted by Crippen LogP contribution is -2.17. The SMILES string of the molecule is Br.C[C@@H](N)Cc1ccc(O)cc1. The minimum atomic E-state index is 0. The summed E-state index contributed by atoms with van der Waals surface area (Å²) in [6, 6.07) is 7.31. The van der Waals surface area contributed by atoms with Gasteiger partial charge >= 0.3 is 0 Å². The third-order valence-corrected chi connectivity index (χ3v) is 1.49. The van der Waals surface area contributed by atoms with Gasteiger partial charge in [-0.1, -0.05) is 12.1 Å². The van der Waals surface area contributed by atoms with Gasteiger partial charge in [-0.25, -0.2) is 0 Å². The Balaban J connectivity index is 0.00000121. The number of benzene rings is 1. The van der Waals surface area contributed by atoms with Gasteiger partial charge in [-0.15, -0.1) is 17.0 Å². The predicted octanol–water partition coefficient (Wildman–Crippen LogP) is 1.86. The molecular weight excluding hydrogens is 218 g/mol. The Hall–Kier alpha value is -0.540. The summed E-state index contributed by atoms with van der Waals surface area (Å²) in [5.41, 5.74) is 6.76. The quantitative estimate of drug-likeness (QED) is 0.817. The molecule has 12 heavy (non-hydrogen) atoms. The molecule has 0 aliphatic heterocycles. The van der Waals surface area contributed by atoms with Crippen LogP contribution in [0.3, 0.4) is 0 Å². The van der Waals surface area contributed by atoms with Crippen molar-refractivity contribution in [1.82, 2.24) is 0 Å². The van der Waals surface area contributed by atoms with Crippen molar-refractivity contribution in [2.24, 2.45) is 5.73 Å². The predicted molar refractivity (Wildman–Crippen MR) is 55.8 cm³/mol. The van der Waals surface area contributed by atoms with E-state index in [1.54, 1.807) is 12.1 Å². The molecule has 0 bridgehead atoms. The molecular formula is C9H14BrNO. The van der Waals surface area contributed by atoms with Gasteiger partial charge in [-0.2, -0.15) is 0 Å². The first-order valence-electron chi connectivity index (χ1n) is 3.72. The molecule has 3 N–H and O–H groups in total. The number of hydrogen-bond donors (Lipinski definition) is 2. The van der Waals surface area contributed by atoms with E-state index >= 15 is 0 Å². The van der Waals surface area contributed by atoms with E-state index in [-0.39, 0.29) is 23.0 Å². The van der Waals surface area contributed by atoms with Crippen molar-refractivity contribution in [2.75, 3.05) is 0 Å². The normalized spacial score (nSPS) is 11.8. The molecule has 1 aromatic carbocycles. The molecule has 3 heteroatoms. The van der Waals surface area contributed by atoms with E-state index in [9.17, 15) is 0 Å². The van der Waals surface area contributed by atoms with E-state index in [0.29, 0.717) is 5.75 Å². The molecule has 0 fully saturated rings. The molecule has 2 nitrogen and oxygen atoms in total. The highest BCUT2D eigenvalue weighted by Crippen LogP contribution is 2.10. The van der Waals surface area contributed by atoms with Crippen molar-refractivity contribution in [3.05, 3.63) is 29.8 Å². The summed E-state index contributed by atoms with van der Waals surface area (Å²) in [6.07, 6.45) is 0.861. The molecule has 1 rings (SSSR count). The maximum Gasteiger partial charge on any atom is 0.115 e. The zero-order chi connectivity index (χ0) is 8.27. The second kappa shape index (κ2) is 5.17. The van der Waals surface area contributed by atoms with Crippen LogP contribution in [-0.4, -0.2) is 11.1 Å². The number of phenols is 1. The molecule has 68 valence electrons. The van der Waals surface area contributed by atoms with Crippen LogP contribution in [-0.2, 0) is 6.42 Å². The molecule has 0 saturated carbocycles. The molecule has 0 aliphatic rings. The maximum atomic E-state index is 8.96. The Bertz CT molecular complexity index is 220. The fraction of sp³-hybridized carbons (Fsp3) is 0.333. The molecule has 1 aromatic rings. The molecule has 0 radical (unpaired) electrons. The average molecular weight is 232 g/mol. The Labute approximate surface area is 83.2 Å². The van der Waals surface area contributed by atoms with E-state index in [1.165, 1.54) is 0 Å². The van der Waals surface area contributed by atoms with Crippen LogP contribution in [0.25, 0.3) is 0 Å². The van der Waals surface area contributed by atoms with Crippen LogP contribution >= 0.6 is 17.0 Å². The fourth-order valence-corrected chi connectivity index (χ4v) is 1.00. The summed E-state index contributed by atoms with van der Waals surface area (Å²) in [5.74, 6) is 0.304. The van der Waals surface area contributed by atoms with Gasteiger partial charge in [-0.05, 0) is 31.0 Å². The van der Waals surface area contributed by atoms with E-state index in [2.05, 4.69) is 0 Å². The molecule has 0 aromatic heterocycles. The van der Waals surface area contributed by atoms with Crippen molar-refractivity contribution in [1.29, 1.82) is 0 Å². The van der Waals surface area contributed by atoms with E-state index < -0.39 is 0 Å². The second-order valence-electron chi connectivity index (χ2n) is 2.85. The summed E-state index contributed by atoms with van der Waals surface area (Å²) >= 11 is 0. The number of nitrogens with two attached hydrogens (primary N) is 1. The molecule has 0 saturated heterocycles. The summed E-state index contributed by atoms with van der Waals surface area (Å²) in [5, 5.41) is 8.96. The first-order chi connectivity index (χ1) is 5.18. The Morgan fingerprint density at radius 3 is 2.25 bits per heavy atom. The number of rotatable bonds is 2. The largest absolute Gasteiger partial charge is 0.508 e. The molecule has 0 spiro atoms. The lowest BCUT2D eigenvalue weighted by atomic mass is 10.1. The second-order valence-corrected chi connectivity index (χ2v) is 2.85. The topological polar surface area (TPSA) is 46.2 Å². The van der Waals surface area contributed by atoms with Gasteiger partial charge in [0.25, 0.3) is 0 Å². The average Bonchev–Trinajstić information content (AvgIpc) is 1.93. The van der Waals surface area contributed by atoms with Gasteiger partial charge in [0.05, 0.1) is 0 Å². The van der Waals surface area contributed by atoms with E-state index in [0.717, 1.165) is 12.0 Å². The van der Waals surface area contributed by atoms with Crippen LogP contribution in [0.15, 0.2) is 24.3 Å².